The number of carboxylic acids is 1. The molecular weight excluding hydrogens is 456 g/mol. The predicted molar refractivity (Wildman–Crippen MR) is 123 cm³/mol. The Hall–Kier alpha value is -1.79. The number of carboxylic acid groups (broad SMARTS) is 1. The lowest BCUT2D eigenvalue weighted by atomic mass is 10.1. The van der Waals surface area contributed by atoms with Gasteiger partial charge in [-0.05, 0) is 44.7 Å². The van der Waals surface area contributed by atoms with Crippen LogP contribution in [0.2, 0.25) is 0 Å². The highest BCUT2D eigenvalue weighted by molar-refractivity contribution is 8.18. The fraction of sp³-hybridized carbons (Fsp3) is 0.750. The van der Waals surface area contributed by atoms with Crippen LogP contribution in [0.25, 0.3) is 0 Å². The second-order valence-corrected chi connectivity index (χ2v) is 11.3. The van der Waals surface area contributed by atoms with Gasteiger partial charge in [0.05, 0.1) is 22.7 Å². The van der Waals surface area contributed by atoms with Crippen LogP contribution in [0, 0.1) is 0 Å². The number of Topliss-reactive ketones (excluding diaryl/α,β-unsaturated/α-hetero) is 1. The topological polar surface area (TPSA) is 145 Å². The van der Waals surface area contributed by atoms with E-state index in [2.05, 4.69) is 16.0 Å². The number of thioether (sulfide) groups is 2. The number of carbonyl (C=O) groups excluding carboxylic acids is 4. The summed E-state index contributed by atoms with van der Waals surface area (Å²) in [5.41, 5.74) is 0. The van der Waals surface area contributed by atoms with Gasteiger partial charge in [0.15, 0.2) is 0 Å². The van der Waals surface area contributed by atoms with Crippen molar-refractivity contribution in [2.45, 2.75) is 61.7 Å². The molecule has 2 aliphatic heterocycles. The molecule has 0 saturated carbocycles. The first-order valence-corrected chi connectivity index (χ1v) is 12.7. The van der Waals surface area contributed by atoms with Crippen molar-refractivity contribution >= 4 is 53.0 Å². The highest BCUT2D eigenvalue weighted by Crippen LogP contribution is 2.49. The number of likely N-dealkylation sites (tertiary alicyclic amines) is 1. The largest absolute Gasteiger partial charge is 0.480 e. The lowest BCUT2D eigenvalue weighted by molar-refractivity contribution is -0.142. The van der Waals surface area contributed by atoms with E-state index < -0.39 is 42.2 Å². The maximum absolute atomic E-state index is 13.0. The molecule has 0 aromatic rings. The van der Waals surface area contributed by atoms with Crippen molar-refractivity contribution in [1.82, 2.24) is 20.9 Å². The van der Waals surface area contributed by atoms with Crippen LogP contribution in [0.4, 0.5) is 0 Å². The van der Waals surface area contributed by atoms with Crippen molar-refractivity contribution in [2.24, 2.45) is 0 Å². The molecule has 2 fully saturated rings. The molecule has 4 N–H and O–H groups in total. The van der Waals surface area contributed by atoms with Gasteiger partial charge in [0.25, 0.3) is 5.91 Å². The van der Waals surface area contributed by atoms with Gasteiger partial charge in [-0.1, -0.05) is 13.3 Å². The van der Waals surface area contributed by atoms with Crippen molar-refractivity contribution in [3.8, 4) is 0 Å². The van der Waals surface area contributed by atoms with E-state index in [0.29, 0.717) is 19.3 Å². The molecule has 0 aromatic heterocycles. The number of nitrogens with zero attached hydrogens (tertiary/aromatic N) is 1. The first kappa shape index (κ1) is 26.5. The zero-order valence-corrected chi connectivity index (χ0v) is 20.3. The summed E-state index contributed by atoms with van der Waals surface area (Å²) >= 11 is 3.78. The molecular formula is C20H32N4O6S2. The summed E-state index contributed by atoms with van der Waals surface area (Å²) in [4.78, 5) is 62.4. The number of nitrogens with one attached hydrogen (secondary N) is 3. The van der Waals surface area contributed by atoms with Crippen LogP contribution < -0.4 is 16.0 Å². The van der Waals surface area contributed by atoms with Crippen LogP contribution in [-0.2, 0) is 24.0 Å². The number of aliphatic carboxylic acids is 1. The average molecular weight is 489 g/mol. The second-order valence-electron chi connectivity index (χ2n) is 8.12. The van der Waals surface area contributed by atoms with Crippen LogP contribution in [0.1, 0.15) is 39.5 Å². The van der Waals surface area contributed by atoms with Gasteiger partial charge in [-0.2, -0.15) is 0 Å². The summed E-state index contributed by atoms with van der Waals surface area (Å²) in [6.45, 7) is 3.39. The van der Waals surface area contributed by atoms with Gasteiger partial charge in [0.2, 0.25) is 17.6 Å². The third-order valence-corrected chi connectivity index (χ3v) is 8.78. The Balaban J connectivity index is 1.91. The van der Waals surface area contributed by atoms with Gasteiger partial charge >= 0.3 is 5.97 Å². The molecule has 1 unspecified atom stereocenters. The quantitative estimate of drug-likeness (QED) is 0.308. The van der Waals surface area contributed by atoms with Gasteiger partial charge in [-0.25, -0.2) is 0 Å². The molecule has 0 aromatic carbocycles. The van der Waals surface area contributed by atoms with Crippen LogP contribution in [0.15, 0.2) is 0 Å². The number of carbonyl (C=O) groups is 5. The minimum atomic E-state index is -1.21. The zero-order valence-electron chi connectivity index (χ0n) is 18.6. The molecule has 2 aliphatic rings. The number of likely N-dealkylation sites (N-methyl/N-ethyl adjacent to an activating group) is 1. The molecule has 2 saturated heterocycles. The molecule has 1 spiro atoms. The van der Waals surface area contributed by atoms with Crippen LogP contribution in [-0.4, -0.2) is 93.3 Å². The number of amides is 3. The summed E-state index contributed by atoms with van der Waals surface area (Å²) in [6.07, 6.45) is 2.72. The van der Waals surface area contributed by atoms with Gasteiger partial charge in [-0.3, -0.25) is 28.9 Å². The number of rotatable bonds is 10. The first-order valence-electron chi connectivity index (χ1n) is 10.7. The molecule has 3 amide bonds. The van der Waals surface area contributed by atoms with E-state index in [1.165, 1.54) is 6.92 Å². The molecule has 0 bridgehead atoms. The molecule has 180 valence electrons. The Kier molecular flexibility index (Phi) is 9.83. The standard InChI is InChI=1S/C20H32N4O6S2/c1-4-6-13(16(26)18(28)21-10-15(25)22-12(2)19(29)30)23-17(27)14-9-20(11-24(14)3)31-7-5-8-32-20/h12-14H,4-11H2,1-3H3,(H,21,28)(H,22,25)(H,23,27)(H,29,30)/t12-,13?,14-/m0/s1. The average Bonchev–Trinajstić information content (AvgIpc) is 3.06. The Labute approximate surface area is 196 Å². The number of hydrogen-bond acceptors (Lipinski definition) is 8. The first-order chi connectivity index (χ1) is 15.1. The highest BCUT2D eigenvalue weighted by Gasteiger charge is 2.47. The molecule has 32 heavy (non-hydrogen) atoms. The maximum atomic E-state index is 13.0. The van der Waals surface area contributed by atoms with Gasteiger partial charge < -0.3 is 21.1 Å². The minimum absolute atomic E-state index is 0.00288. The van der Waals surface area contributed by atoms with Gasteiger partial charge in [0, 0.05) is 6.54 Å². The molecule has 0 radical (unpaired) electrons. The fourth-order valence-corrected chi connectivity index (χ4v) is 7.19. The molecule has 10 nitrogen and oxygen atoms in total. The van der Waals surface area contributed by atoms with E-state index >= 15 is 0 Å². The Morgan fingerprint density at radius 1 is 1.16 bits per heavy atom. The van der Waals surface area contributed by atoms with Crippen molar-refractivity contribution in [2.75, 3.05) is 31.6 Å². The molecule has 0 aliphatic carbocycles. The molecule has 12 heteroatoms. The Morgan fingerprint density at radius 3 is 2.41 bits per heavy atom. The zero-order chi connectivity index (χ0) is 23.9. The van der Waals surface area contributed by atoms with Gasteiger partial charge in [0.1, 0.15) is 6.04 Å². The monoisotopic (exact) mass is 488 g/mol. The SMILES string of the molecule is CCCC(NC(=O)[C@@H]1CC2(CN1C)SCCCS2)C(=O)C(=O)NCC(=O)N[C@@H](C)C(=O)O. The van der Waals surface area contributed by atoms with E-state index in [1.807, 2.05) is 42.4 Å². The van der Waals surface area contributed by atoms with Gasteiger partial charge in [-0.15, -0.1) is 23.5 Å². The van der Waals surface area contributed by atoms with Crippen molar-refractivity contribution in [1.29, 1.82) is 0 Å². The molecule has 2 heterocycles. The van der Waals surface area contributed by atoms with Crippen molar-refractivity contribution in [3.63, 3.8) is 0 Å². The summed E-state index contributed by atoms with van der Waals surface area (Å²) in [5, 5.41) is 15.9. The predicted octanol–water partition coefficient (Wildman–Crippen LogP) is -0.184. The van der Waals surface area contributed by atoms with E-state index in [-0.39, 0.29) is 16.0 Å². The summed E-state index contributed by atoms with van der Waals surface area (Å²) in [7, 11) is 1.90. The van der Waals surface area contributed by atoms with Crippen LogP contribution in [0.3, 0.4) is 0 Å². The van der Waals surface area contributed by atoms with Crippen molar-refractivity contribution < 1.29 is 29.1 Å². The van der Waals surface area contributed by atoms with E-state index in [9.17, 15) is 24.0 Å². The lowest BCUT2D eigenvalue weighted by Crippen LogP contribution is -2.53. The molecule has 3 atom stereocenters. The Morgan fingerprint density at radius 2 is 1.81 bits per heavy atom. The highest BCUT2D eigenvalue weighted by atomic mass is 32.2. The third-order valence-electron chi connectivity index (χ3n) is 5.44. The van der Waals surface area contributed by atoms with E-state index in [4.69, 9.17) is 5.11 Å². The normalized spacial score (nSPS) is 22.0. The van der Waals surface area contributed by atoms with E-state index in [1.54, 1.807) is 0 Å². The van der Waals surface area contributed by atoms with E-state index in [0.717, 1.165) is 24.5 Å². The Bertz CT molecular complexity index is 744. The summed E-state index contributed by atoms with van der Waals surface area (Å²) < 4.78 is -0.00288. The van der Waals surface area contributed by atoms with Crippen LogP contribution in [0.5, 0.6) is 0 Å². The number of hydrogen-bond donors (Lipinski definition) is 4. The summed E-state index contributed by atoms with van der Waals surface area (Å²) in [5.74, 6) is -1.88. The lowest BCUT2D eigenvalue weighted by Gasteiger charge is -2.31. The van der Waals surface area contributed by atoms with Crippen molar-refractivity contribution in [3.05, 3.63) is 0 Å². The smallest absolute Gasteiger partial charge is 0.325 e. The summed E-state index contributed by atoms with van der Waals surface area (Å²) in [6, 6.07) is -2.47. The van der Waals surface area contributed by atoms with Crippen LogP contribution >= 0.6 is 23.5 Å². The third kappa shape index (κ3) is 7.11. The fourth-order valence-electron chi connectivity index (χ4n) is 3.71. The second kappa shape index (κ2) is 11.9. The molecule has 2 rings (SSSR count). The number of ketones is 1. The maximum Gasteiger partial charge on any atom is 0.325 e. The minimum Gasteiger partial charge on any atom is -0.480 e.